The van der Waals surface area contributed by atoms with Crippen LogP contribution in [0.5, 0.6) is 17.2 Å². The fourth-order valence-corrected chi connectivity index (χ4v) is 4.71. The summed E-state index contributed by atoms with van der Waals surface area (Å²) in [5, 5.41) is 5.03. The molecule has 192 valence electrons. The van der Waals surface area contributed by atoms with E-state index in [0.29, 0.717) is 27.8 Å². The Kier molecular flexibility index (Phi) is 8.63. The Morgan fingerprint density at radius 2 is 1.67 bits per heavy atom. The SMILES string of the molecule is CCOC(=O)c1c(-c2ccc(OC)c(OC)c2)csc1NC(=O)COc1ccc(C)cc1C(C)(C)C. The summed E-state index contributed by atoms with van der Waals surface area (Å²) in [6.07, 6.45) is 0. The molecule has 0 atom stereocenters. The van der Waals surface area contributed by atoms with Gasteiger partial charge >= 0.3 is 5.97 Å². The van der Waals surface area contributed by atoms with E-state index in [1.165, 1.54) is 11.3 Å². The lowest BCUT2D eigenvalue weighted by molar-refractivity contribution is -0.118. The number of methoxy groups -OCH3 is 2. The lowest BCUT2D eigenvalue weighted by Crippen LogP contribution is -2.22. The van der Waals surface area contributed by atoms with Gasteiger partial charge in [0.2, 0.25) is 0 Å². The standard InChI is InChI=1S/C28H33NO6S/c1-8-34-27(31)25-19(18-10-12-22(32-6)23(14-18)33-7)16-36-26(25)29-24(30)15-35-21-11-9-17(2)13-20(21)28(3,4)5/h9-14,16H,8,15H2,1-7H3,(H,29,30). The average Bonchev–Trinajstić information content (AvgIpc) is 3.25. The van der Waals surface area contributed by atoms with Gasteiger partial charge < -0.3 is 24.3 Å². The minimum atomic E-state index is -0.520. The van der Waals surface area contributed by atoms with E-state index in [1.807, 2.05) is 30.5 Å². The van der Waals surface area contributed by atoms with Gasteiger partial charge in [-0.25, -0.2) is 4.79 Å². The summed E-state index contributed by atoms with van der Waals surface area (Å²) in [4.78, 5) is 25.8. The average molecular weight is 512 g/mol. The number of hydrogen-bond donors (Lipinski definition) is 1. The van der Waals surface area contributed by atoms with Crippen LogP contribution in [0.4, 0.5) is 5.00 Å². The van der Waals surface area contributed by atoms with Gasteiger partial charge in [0.25, 0.3) is 5.91 Å². The van der Waals surface area contributed by atoms with E-state index in [4.69, 9.17) is 18.9 Å². The third kappa shape index (κ3) is 6.18. The highest BCUT2D eigenvalue weighted by molar-refractivity contribution is 7.15. The number of benzene rings is 2. The van der Waals surface area contributed by atoms with Gasteiger partial charge in [-0.15, -0.1) is 11.3 Å². The molecule has 0 fully saturated rings. The molecule has 1 amide bonds. The van der Waals surface area contributed by atoms with Crippen LogP contribution in [0.15, 0.2) is 41.8 Å². The Balaban J connectivity index is 1.87. The molecule has 0 aliphatic heterocycles. The molecule has 36 heavy (non-hydrogen) atoms. The molecule has 3 rings (SSSR count). The Hall–Kier alpha value is -3.52. The topological polar surface area (TPSA) is 83.1 Å². The monoisotopic (exact) mass is 511 g/mol. The van der Waals surface area contributed by atoms with Crippen LogP contribution < -0.4 is 19.5 Å². The predicted molar refractivity (Wildman–Crippen MR) is 143 cm³/mol. The molecule has 2 aromatic carbocycles. The number of thiophene rings is 1. The van der Waals surface area contributed by atoms with Gasteiger partial charge in [-0.2, -0.15) is 0 Å². The summed E-state index contributed by atoms with van der Waals surface area (Å²) in [6.45, 7) is 10.1. The summed E-state index contributed by atoms with van der Waals surface area (Å²) < 4.78 is 21.9. The molecule has 0 radical (unpaired) electrons. The number of aryl methyl sites for hydroxylation is 1. The molecule has 0 saturated heterocycles. The number of carbonyl (C=O) groups excluding carboxylic acids is 2. The van der Waals surface area contributed by atoms with Gasteiger partial charge in [0.05, 0.1) is 20.8 Å². The van der Waals surface area contributed by atoms with Crippen molar-refractivity contribution in [3.63, 3.8) is 0 Å². The zero-order chi connectivity index (χ0) is 26.5. The molecule has 3 aromatic rings. The summed E-state index contributed by atoms with van der Waals surface area (Å²) in [5.74, 6) is 0.870. The first kappa shape index (κ1) is 27.1. The Morgan fingerprint density at radius 3 is 2.31 bits per heavy atom. The van der Waals surface area contributed by atoms with Crippen molar-refractivity contribution < 1.29 is 28.5 Å². The quantitative estimate of drug-likeness (QED) is 0.343. The molecule has 1 heterocycles. The van der Waals surface area contributed by atoms with Crippen molar-refractivity contribution in [1.82, 2.24) is 0 Å². The van der Waals surface area contributed by atoms with Gasteiger partial charge in [-0.3, -0.25) is 4.79 Å². The van der Waals surface area contributed by atoms with Crippen LogP contribution in [-0.4, -0.2) is 39.3 Å². The van der Waals surface area contributed by atoms with Crippen molar-refractivity contribution >= 4 is 28.2 Å². The molecule has 0 unspecified atom stereocenters. The van der Waals surface area contributed by atoms with Gasteiger partial charge in [-0.1, -0.05) is 44.5 Å². The molecule has 7 nitrogen and oxygen atoms in total. The van der Waals surface area contributed by atoms with Crippen molar-refractivity contribution in [2.75, 3.05) is 32.8 Å². The van der Waals surface area contributed by atoms with Crippen LogP contribution >= 0.6 is 11.3 Å². The second-order valence-corrected chi connectivity index (χ2v) is 10.1. The smallest absolute Gasteiger partial charge is 0.341 e. The molecule has 0 aliphatic rings. The fourth-order valence-electron chi connectivity index (χ4n) is 3.73. The molecule has 1 aromatic heterocycles. The van der Waals surface area contributed by atoms with E-state index in [2.05, 4.69) is 32.2 Å². The third-order valence-electron chi connectivity index (χ3n) is 5.52. The Bertz CT molecular complexity index is 1240. The van der Waals surface area contributed by atoms with Gasteiger partial charge in [0.1, 0.15) is 16.3 Å². The van der Waals surface area contributed by atoms with Crippen molar-refractivity contribution in [2.24, 2.45) is 0 Å². The molecular weight excluding hydrogens is 478 g/mol. The van der Waals surface area contributed by atoms with Crippen LogP contribution in [0, 0.1) is 6.92 Å². The largest absolute Gasteiger partial charge is 0.493 e. The van der Waals surface area contributed by atoms with Crippen LogP contribution in [0.1, 0.15) is 49.2 Å². The van der Waals surface area contributed by atoms with Crippen LogP contribution in [0.25, 0.3) is 11.1 Å². The van der Waals surface area contributed by atoms with Crippen molar-refractivity contribution in [3.05, 3.63) is 58.5 Å². The zero-order valence-corrected chi connectivity index (χ0v) is 22.6. The summed E-state index contributed by atoms with van der Waals surface area (Å²) in [5.41, 5.74) is 3.65. The molecule has 0 bridgehead atoms. The highest BCUT2D eigenvalue weighted by atomic mass is 32.1. The molecule has 0 spiro atoms. The van der Waals surface area contributed by atoms with E-state index in [1.54, 1.807) is 33.3 Å². The summed E-state index contributed by atoms with van der Waals surface area (Å²) in [6, 6.07) is 11.3. The van der Waals surface area contributed by atoms with Gasteiger partial charge in [0, 0.05) is 10.9 Å². The highest BCUT2D eigenvalue weighted by Gasteiger charge is 2.24. The van der Waals surface area contributed by atoms with E-state index >= 15 is 0 Å². The van der Waals surface area contributed by atoms with Crippen LogP contribution in [0.3, 0.4) is 0 Å². The predicted octanol–water partition coefficient (Wildman–Crippen LogP) is 6.23. The van der Waals surface area contributed by atoms with Gasteiger partial charge in [0.15, 0.2) is 18.1 Å². The maximum absolute atomic E-state index is 12.9. The van der Waals surface area contributed by atoms with Crippen LogP contribution in [0.2, 0.25) is 0 Å². The Labute approximate surface area is 216 Å². The van der Waals surface area contributed by atoms with Crippen molar-refractivity contribution in [1.29, 1.82) is 0 Å². The van der Waals surface area contributed by atoms with E-state index in [9.17, 15) is 9.59 Å². The Morgan fingerprint density at radius 1 is 0.972 bits per heavy atom. The number of anilines is 1. The maximum atomic E-state index is 12.9. The molecule has 1 N–H and O–H groups in total. The zero-order valence-electron chi connectivity index (χ0n) is 21.8. The number of hydrogen-bond acceptors (Lipinski definition) is 7. The number of esters is 1. The number of amides is 1. The molecule has 8 heteroatoms. The van der Waals surface area contributed by atoms with E-state index < -0.39 is 5.97 Å². The first-order valence-corrected chi connectivity index (χ1v) is 12.5. The highest BCUT2D eigenvalue weighted by Crippen LogP contribution is 2.40. The third-order valence-corrected chi connectivity index (χ3v) is 6.42. The molecular formula is C28H33NO6S. The molecule has 0 saturated carbocycles. The number of ether oxygens (including phenoxy) is 4. The van der Waals surface area contributed by atoms with Crippen molar-refractivity contribution in [2.45, 2.75) is 40.0 Å². The maximum Gasteiger partial charge on any atom is 0.341 e. The second-order valence-electron chi connectivity index (χ2n) is 9.23. The van der Waals surface area contributed by atoms with E-state index in [-0.39, 0.29) is 30.1 Å². The summed E-state index contributed by atoms with van der Waals surface area (Å²) >= 11 is 1.25. The lowest BCUT2D eigenvalue weighted by atomic mass is 9.85. The van der Waals surface area contributed by atoms with Gasteiger partial charge in [-0.05, 0) is 48.6 Å². The first-order chi connectivity index (χ1) is 17.1. The fraction of sp³-hybridized carbons (Fsp3) is 0.357. The minimum Gasteiger partial charge on any atom is -0.493 e. The number of nitrogens with one attached hydrogen (secondary N) is 1. The normalized spacial score (nSPS) is 11.1. The second kappa shape index (κ2) is 11.5. The first-order valence-electron chi connectivity index (χ1n) is 11.6. The summed E-state index contributed by atoms with van der Waals surface area (Å²) in [7, 11) is 3.11. The number of carbonyl (C=O) groups is 2. The van der Waals surface area contributed by atoms with Crippen LogP contribution in [-0.2, 0) is 14.9 Å². The molecule has 0 aliphatic carbocycles. The lowest BCUT2D eigenvalue weighted by Gasteiger charge is -2.23. The van der Waals surface area contributed by atoms with E-state index in [0.717, 1.165) is 16.7 Å². The van der Waals surface area contributed by atoms with Crippen molar-refractivity contribution in [3.8, 4) is 28.4 Å². The minimum absolute atomic E-state index is 0.142. The number of rotatable bonds is 9.